The number of hydrogen-bond donors (Lipinski definition) is 3. The van der Waals surface area contributed by atoms with Gasteiger partial charge in [-0.1, -0.05) is 32.0 Å². The van der Waals surface area contributed by atoms with Crippen LogP contribution in [0.25, 0.3) is 10.9 Å². The Bertz CT molecular complexity index is 1130. The minimum Gasteiger partial charge on any atom is -0.491 e. The summed E-state index contributed by atoms with van der Waals surface area (Å²) in [5.41, 5.74) is 4.60. The Morgan fingerprint density at radius 1 is 1.24 bits per heavy atom. The van der Waals surface area contributed by atoms with E-state index in [9.17, 15) is 9.90 Å². The zero-order valence-electron chi connectivity index (χ0n) is 16.7. The number of aromatic nitrogens is 1. The van der Waals surface area contributed by atoms with Gasteiger partial charge in [0, 0.05) is 40.8 Å². The van der Waals surface area contributed by atoms with Gasteiger partial charge in [-0.25, -0.2) is 0 Å². The molecule has 3 aromatic rings. The number of nitrogens with one attached hydrogen (secondary N) is 1. The zero-order chi connectivity index (χ0) is 20.8. The van der Waals surface area contributed by atoms with E-state index in [1.165, 1.54) is 0 Å². The molecule has 0 bridgehead atoms. The molecule has 0 saturated heterocycles. The zero-order valence-corrected chi connectivity index (χ0v) is 16.7. The number of aliphatic hydroxyl groups excluding tert-OH is 2. The highest BCUT2D eigenvalue weighted by molar-refractivity contribution is 6.20. The summed E-state index contributed by atoms with van der Waals surface area (Å²) in [6, 6.07) is 11.3. The molecule has 1 aliphatic rings. The first-order valence-electron chi connectivity index (χ1n) is 9.56. The second kappa shape index (κ2) is 7.13. The molecule has 6 heteroatoms. The van der Waals surface area contributed by atoms with E-state index >= 15 is 0 Å². The maximum absolute atomic E-state index is 13.4. The molecule has 3 N–H and O–H groups in total. The molecule has 1 heterocycles. The van der Waals surface area contributed by atoms with Crippen molar-refractivity contribution < 1.29 is 19.7 Å². The van der Waals surface area contributed by atoms with E-state index in [0.717, 1.165) is 27.7 Å². The Labute approximate surface area is 168 Å². The van der Waals surface area contributed by atoms with E-state index in [1.807, 2.05) is 24.3 Å². The number of H-pyrrole nitrogens is 1. The van der Waals surface area contributed by atoms with Gasteiger partial charge in [0.05, 0.1) is 12.2 Å². The molecule has 2 aromatic carbocycles. The lowest BCUT2D eigenvalue weighted by atomic mass is 9.71. The van der Waals surface area contributed by atoms with Crippen LogP contribution in [0.3, 0.4) is 0 Å². The molecular weight excluding hydrogens is 368 g/mol. The van der Waals surface area contributed by atoms with Crippen LogP contribution < -0.4 is 4.74 Å². The Kier molecular flexibility index (Phi) is 4.76. The molecular formula is C23H24N2O4. The highest BCUT2D eigenvalue weighted by Crippen LogP contribution is 2.44. The molecule has 150 valence electrons. The molecule has 6 nitrogen and oxygen atoms in total. The average molecular weight is 392 g/mol. The number of aromatic amines is 1. The number of ether oxygens (including phenoxy) is 1. The molecule has 0 unspecified atom stereocenters. The van der Waals surface area contributed by atoms with Crippen LogP contribution in [-0.2, 0) is 5.41 Å². The monoisotopic (exact) mass is 392 g/mol. The summed E-state index contributed by atoms with van der Waals surface area (Å²) in [6.07, 6.45) is 0.824. The first-order valence-corrected chi connectivity index (χ1v) is 9.56. The summed E-state index contributed by atoms with van der Waals surface area (Å²) in [4.78, 5) is 21.0. The molecule has 0 aliphatic heterocycles. The molecule has 29 heavy (non-hydrogen) atoms. The molecule has 1 atom stereocenters. The molecule has 0 saturated carbocycles. The second-order valence-electron chi connectivity index (χ2n) is 7.88. The Hall–Kier alpha value is -2.96. The van der Waals surface area contributed by atoms with Gasteiger partial charge in [-0.2, -0.15) is 0 Å². The van der Waals surface area contributed by atoms with Gasteiger partial charge in [-0.05, 0) is 29.3 Å². The fourth-order valence-electron chi connectivity index (χ4n) is 4.01. The number of hydrogen-bond acceptors (Lipinski definition) is 5. The largest absolute Gasteiger partial charge is 0.491 e. The maximum Gasteiger partial charge on any atom is 0.195 e. The van der Waals surface area contributed by atoms with E-state index in [-0.39, 0.29) is 24.4 Å². The van der Waals surface area contributed by atoms with Crippen molar-refractivity contribution in [2.45, 2.75) is 25.4 Å². The van der Waals surface area contributed by atoms with Gasteiger partial charge in [0.25, 0.3) is 0 Å². The predicted octanol–water partition coefficient (Wildman–Crippen LogP) is 2.82. The average Bonchev–Trinajstić information content (AvgIpc) is 3.10. The van der Waals surface area contributed by atoms with Gasteiger partial charge in [-0.3, -0.25) is 9.79 Å². The van der Waals surface area contributed by atoms with Crippen LogP contribution in [0.15, 0.2) is 41.4 Å². The standard InChI is InChI=1S/C23H24N2O4/c1-23(2)18-7-5-15(29-12-14(27)11-26)9-17(18)21(28)20-16-6-4-13(10-24-3)8-19(16)25-22(20)23/h4-10,14,25-27H,11-12H2,1-3H3/t14-/m1/s1. The van der Waals surface area contributed by atoms with Crippen LogP contribution >= 0.6 is 0 Å². The lowest BCUT2D eigenvalue weighted by Gasteiger charge is -2.32. The van der Waals surface area contributed by atoms with Gasteiger partial charge in [0.2, 0.25) is 0 Å². The number of nitrogens with zero attached hydrogens (tertiary/aromatic N) is 1. The first kappa shape index (κ1) is 19.4. The van der Waals surface area contributed by atoms with E-state index < -0.39 is 6.10 Å². The third kappa shape index (κ3) is 3.14. The van der Waals surface area contributed by atoms with Crippen LogP contribution in [0.1, 0.15) is 46.6 Å². The van der Waals surface area contributed by atoms with Gasteiger partial charge in [0.1, 0.15) is 18.5 Å². The lowest BCUT2D eigenvalue weighted by molar-refractivity contribution is 0.0535. The molecule has 0 fully saturated rings. The van der Waals surface area contributed by atoms with Crippen LogP contribution in [0.2, 0.25) is 0 Å². The van der Waals surface area contributed by atoms with Crippen LogP contribution in [0, 0.1) is 0 Å². The predicted molar refractivity (Wildman–Crippen MR) is 112 cm³/mol. The third-order valence-electron chi connectivity index (χ3n) is 5.52. The third-order valence-corrected chi connectivity index (χ3v) is 5.52. The van der Waals surface area contributed by atoms with Crippen molar-refractivity contribution in [2.24, 2.45) is 4.99 Å². The summed E-state index contributed by atoms with van der Waals surface area (Å²) >= 11 is 0. The van der Waals surface area contributed by atoms with Gasteiger partial charge < -0.3 is 19.9 Å². The number of ketones is 1. The van der Waals surface area contributed by atoms with Crippen LogP contribution in [0.5, 0.6) is 5.75 Å². The Morgan fingerprint density at radius 3 is 2.76 bits per heavy atom. The Balaban J connectivity index is 1.82. The first-order chi connectivity index (χ1) is 13.9. The molecule has 0 amide bonds. The molecule has 1 aromatic heterocycles. The minimum atomic E-state index is -0.959. The summed E-state index contributed by atoms with van der Waals surface area (Å²) in [7, 11) is 1.73. The number of aliphatic hydroxyl groups is 2. The summed E-state index contributed by atoms with van der Waals surface area (Å²) in [5, 5.41) is 19.4. The van der Waals surface area contributed by atoms with E-state index in [4.69, 9.17) is 9.84 Å². The smallest absolute Gasteiger partial charge is 0.195 e. The quantitative estimate of drug-likeness (QED) is 0.582. The number of rotatable bonds is 5. The van der Waals surface area contributed by atoms with Crippen molar-refractivity contribution in [2.75, 3.05) is 20.3 Å². The summed E-state index contributed by atoms with van der Waals surface area (Å²) < 4.78 is 5.56. The number of carbonyl (C=O) groups excluding carboxylic acids is 1. The molecule has 1 aliphatic carbocycles. The van der Waals surface area contributed by atoms with E-state index in [1.54, 1.807) is 25.4 Å². The van der Waals surface area contributed by atoms with Crippen molar-refractivity contribution in [1.82, 2.24) is 4.98 Å². The lowest BCUT2D eigenvalue weighted by Crippen LogP contribution is -2.30. The second-order valence-corrected chi connectivity index (χ2v) is 7.88. The number of benzene rings is 2. The fraction of sp³-hybridized carbons (Fsp3) is 0.304. The van der Waals surface area contributed by atoms with Gasteiger partial charge in [-0.15, -0.1) is 0 Å². The van der Waals surface area contributed by atoms with Crippen molar-refractivity contribution in [3.63, 3.8) is 0 Å². The van der Waals surface area contributed by atoms with Gasteiger partial charge >= 0.3 is 0 Å². The van der Waals surface area contributed by atoms with Crippen molar-refractivity contribution in [1.29, 1.82) is 0 Å². The highest BCUT2D eigenvalue weighted by Gasteiger charge is 2.39. The Morgan fingerprint density at radius 2 is 2.03 bits per heavy atom. The van der Waals surface area contributed by atoms with Crippen molar-refractivity contribution in [3.8, 4) is 5.75 Å². The minimum absolute atomic E-state index is 0.0348. The molecule has 0 radical (unpaired) electrons. The number of fused-ring (bicyclic) bond motifs is 4. The number of aliphatic imine (C=N–C) groups is 1. The fourth-order valence-corrected chi connectivity index (χ4v) is 4.01. The summed E-state index contributed by atoms with van der Waals surface area (Å²) in [5.74, 6) is 0.441. The maximum atomic E-state index is 13.4. The highest BCUT2D eigenvalue weighted by atomic mass is 16.5. The van der Waals surface area contributed by atoms with Crippen LogP contribution in [-0.4, -0.2) is 53.6 Å². The normalized spacial score (nSPS) is 16.1. The van der Waals surface area contributed by atoms with E-state index in [2.05, 4.69) is 23.8 Å². The molecule has 4 rings (SSSR count). The SMILES string of the molecule is CN=Cc1ccc2c3c([nH]c2c1)C(C)(C)c1ccc(OC[C@H](O)CO)cc1C3=O. The van der Waals surface area contributed by atoms with E-state index in [0.29, 0.717) is 16.9 Å². The van der Waals surface area contributed by atoms with Gasteiger partial charge in [0.15, 0.2) is 5.78 Å². The van der Waals surface area contributed by atoms with Crippen molar-refractivity contribution >= 4 is 22.9 Å². The molecule has 0 spiro atoms. The number of carbonyl (C=O) groups is 1. The topological polar surface area (TPSA) is 94.9 Å². The van der Waals surface area contributed by atoms with Crippen molar-refractivity contribution in [3.05, 3.63) is 64.3 Å². The van der Waals surface area contributed by atoms with Crippen LogP contribution in [0.4, 0.5) is 0 Å². The summed E-state index contributed by atoms with van der Waals surface area (Å²) in [6.45, 7) is 3.78.